The van der Waals surface area contributed by atoms with E-state index in [1.54, 1.807) is 6.20 Å². The third-order valence-electron chi connectivity index (χ3n) is 25.9. The van der Waals surface area contributed by atoms with Gasteiger partial charge in [0.05, 0.1) is 0 Å². The maximum atomic E-state index is 4.55. The van der Waals surface area contributed by atoms with Gasteiger partial charge in [0.2, 0.25) is 0 Å². The first-order chi connectivity index (χ1) is 71.0. The topological polar surface area (TPSA) is 70.9 Å². The fourth-order valence-corrected chi connectivity index (χ4v) is 18.1. The van der Waals surface area contributed by atoms with Gasteiger partial charge in [-0.05, 0) is 241 Å². The zero-order valence-corrected chi connectivity index (χ0v) is 94.1. The minimum Gasteiger partial charge on any atom is -0.310 e. The van der Waals surface area contributed by atoms with Gasteiger partial charge < -0.3 is 34.7 Å². The minimum absolute atomic E-state index is 0. The van der Waals surface area contributed by atoms with Crippen LogP contribution in [0.3, 0.4) is 0 Å². The molecule has 0 saturated carbocycles. The number of anilines is 6. The first-order valence-corrected chi connectivity index (χ1v) is 49.2. The average Bonchev–Trinajstić information content (AvgIpc) is 1.57. The summed E-state index contributed by atoms with van der Waals surface area (Å²) in [6.45, 7) is 19.9. The van der Waals surface area contributed by atoms with Gasteiger partial charge in [-0.25, -0.2) is 0 Å². The summed E-state index contributed by atoms with van der Waals surface area (Å²) >= 11 is 0. The Bertz CT molecular complexity index is 7850. The number of hydrogen-bond acceptors (Lipinski definition) is 7. The summed E-state index contributed by atoms with van der Waals surface area (Å²) < 4.78 is 0. The SMILES string of the molecule is CC(C)(C)c1ccnc(-c2[c-]ccc(-c3ccccc3)c2)c1.CC1(C)c2cc(/C=C/c3ccc(N(c4ccccc4)c4ccc5ccccc5c4)cc3)ccc2-c2ccc(N(c3ccccc3)c3ccccc3)cc21.Cc1cc(-c2[c-]cccc2)ncc1-c1ccccc1.Cc1cc(-c2[c-]cccc2)ncc1-c1ccccc1.Cc1ccc(C)c(-c2cc[c-]c(-c3ccccn3)c2)c1.[Ir].[Ir].[Ir].[Ir].[c-]1ccccc1-c1ccccn1. The van der Waals surface area contributed by atoms with Gasteiger partial charge in [0.25, 0.3) is 0 Å². The summed E-state index contributed by atoms with van der Waals surface area (Å²) in [7, 11) is 0. The molecule has 0 aliphatic heterocycles. The van der Waals surface area contributed by atoms with E-state index in [1.807, 2.05) is 189 Å². The monoisotopic (exact) mass is 2640 g/mol. The van der Waals surface area contributed by atoms with Crippen LogP contribution in [0.15, 0.2) is 504 Å². The van der Waals surface area contributed by atoms with Gasteiger partial charge in [-0.2, -0.15) is 0 Å². The smallest absolute Gasteiger partial charge is 0.0468 e. The number of rotatable bonds is 17. The Labute approximate surface area is 933 Å². The number of pyridine rings is 5. The van der Waals surface area contributed by atoms with E-state index in [9.17, 15) is 0 Å². The molecule has 0 amide bonds. The quantitative estimate of drug-likeness (QED) is 0.0664. The molecular weight excluding hydrogens is 2520 g/mol. The number of para-hydroxylation sites is 3. The molecule has 0 bridgehead atoms. The van der Waals surface area contributed by atoms with Crippen LogP contribution in [-0.4, -0.2) is 24.9 Å². The Morgan fingerprint density at radius 3 is 1.13 bits per heavy atom. The summed E-state index contributed by atoms with van der Waals surface area (Å²) in [6.07, 6.45) is 13.8. The summed E-state index contributed by atoms with van der Waals surface area (Å²) in [5.74, 6) is 0. The Hall–Kier alpha value is -15.3. The largest absolute Gasteiger partial charge is 0.310 e. The number of aryl methyl sites for hydroxylation is 4. The second-order valence-electron chi connectivity index (χ2n) is 37.4. The van der Waals surface area contributed by atoms with Crippen LogP contribution in [0.25, 0.3) is 135 Å². The third-order valence-corrected chi connectivity index (χ3v) is 25.9. The molecule has 11 heteroatoms. The van der Waals surface area contributed by atoms with Crippen LogP contribution in [0.4, 0.5) is 34.1 Å². The zero-order valence-electron chi connectivity index (χ0n) is 84.5. The maximum absolute atomic E-state index is 4.55. The van der Waals surface area contributed by atoms with Crippen LogP contribution >= 0.6 is 0 Å². The summed E-state index contributed by atoms with van der Waals surface area (Å²) in [6, 6.07) is 180. The second kappa shape index (κ2) is 52.8. The molecule has 23 rings (SSSR count). The molecule has 740 valence electrons. The molecule has 149 heavy (non-hydrogen) atoms. The molecule has 0 fully saturated rings. The number of fused-ring (bicyclic) bond motifs is 4. The molecule has 1 aliphatic carbocycles. The molecule has 0 N–H and O–H groups in total. The van der Waals surface area contributed by atoms with Crippen molar-refractivity contribution in [3.63, 3.8) is 0 Å². The average molecular weight is 2640 g/mol. The Morgan fingerprint density at radius 2 is 0.631 bits per heavy atom. The molecule has 0 spiro atoms. The number of benzene rings is 17. The first-order valence-electron chi connectivity index (χ1n) is 49.2. The number of hydrogen-bond donors (Lipinski definition) is 0. The molecule has 1 aliphatic rings. The molecule has 0 unspecified atom stereocenters. The van der Waals surface area contributed by atoms with E-state index in [4.69, 9.17) is 0 Å². The van der Waals surface area contributed by atoms with Gasteiger partial charge in [0, 0.05) is 162 Å². The van der Waals surface area contributed by atoms with E-state index >= 15 is 0 Å². The molecule has 5 heterocycles. The fraction of sp³-hybridized carbons (Fsp3) is 0.0797. The van der Waals surface area contributed by atoms with Crippen molar-refractivity contribution < 1.29 is 80.4 Å². The van der Waals surface area contributed by atoms with Gasteiger partial charge in [0.1, 0.15) is 0 Å². The summed E-state index contributed by atoms with van der Waals surface area (Å²) in [5.41, 5.74) is 40.5. The second-order valence-corrected chi connectivity index (χ2v) is 37.4. The normalized spacial score (nSPS) is 11.1. The van der Waals surface area contributed by atoms with E-state index in [-0.39, 0.29) is 91.3 Å². The summed E-state index contributed by atoms with van der Waals surface area (Å²) in [5, 5.41) is 2.47. The predicted octanol–water partition coefficient (Wildman–Crippen LogP) is 36.2. The number of aromatic nitrogens is 5. The van der Waals surface area contributed by atoms with Gasteiger partial charge in [-0.3, -0.25) is 0 Å². The van der Waals surface area contributed by atoms with E-state index in [2.05, 4.69) is 449 Å². The van der Waals surface area contributed by atoms with Crippen molar-refractivity contribution in [2.24, 2.45) is 0 Å². The van der Waals surface area contributed by atoms with Crippen molar-refractivity contribution >= 4 is 57.0 Å². The van der Waals surface area contributed by atoms with Gasteiger partial charge >= 0.3 is 0 Å². The molecule has 22 aromatic rings. The van der Waals surface area contributed by atoms with E-state index in [0.717, 1.165) is 96.0 Å². The molecule has 4 radical (unpaired) electrons. The van der Waals surface area contributed by atoms with E-state index in [1.165, 1.54) is 111 Å². The van der Waals surface area contributed by atoms with Gasteiger partial charge in [-0.15, -0.1) is 178 Å². The van der Waals surface area contributed by atoms with Crippen molar-refractivity contribution in [2.75, 3.05) is 9.80 Å². The van der Waals surface area contributed by atoms with Crippen molar-refractivity contribution in [1.82, 2.24) is 24.9 Å². The van der Waals surface area contributed by atoms with E-state index in [0.29, 0.717) is 0 Å². The molecule has 0 atom stereocenters. The van der Waals surface area contributed by atoms with Crippen LogP contribution < -0.4 is 9.80 Å². The molecule has 7 nitrogen and oxygen atoms in total. The van der Waals surface area contributed by atoms with Crippen LogP contribution in [0.5, 0.6) is 0 Å². The van der Waals surface area contributed by atoms with Crippen molar-refractivity contribution in [1.29, 1.82) is 0 Å². The fourth-order valence-electron chi connectivity index (χ4n) is 18.1. The Morgan fingerprint density at radius 1 is 0.242 bits per heavy atom. The van der Waals surface area contributed by atoms with Crippen molar-refractivity contribution in [2.45, 2.75) is 73.1 Å². The molecule has 17 aromatic carbocycles. The van der Waals surface area contributed by atoms with E-state index < -0.39 is 0 Å². The van der Waals surface area contributed by atoms with Crippen LogP contribution in [0.1, 0.15) is 84.7 Å². The first kappa shape index (κ1) is 109. The molecule has 0 saturated heterocycles. The maximum Gasteiger partial charge on any atom is 0.0468 e. The van der Waals surface area contributed by atoms with Crippen molar-refractivity contribution in [3.05, 3.63) is 585 Å². The zero-order chi connectivity index (χ0) is 99.7. The van der Waals surface area contributed by atoms with Crippen LogP contribution in [0, 0.1) is 58.0 Å². The van der Waals surface area contributed by atoms with Gasteiger partial charge in [0.15, 0.2) is 0 Å². The van der Waals surface area contributed by atoms with Gasteiger partial charge in [-0.1, -0.05) is 325 Å². The Balaban J connectivity index is 0.000000153. The predicted molar refractivity (Wildman–Crippen MR) is 608 cm³/mol. The standard InChI is InChI=1S/C51H40N2.C21H20N.C19H16N.2C18H14N.C11H8N.4Ir/c1-51(2)49-34-38(26-32-47(49)48-33-31-46(36-50(48)51)52(41-16-6-3-7-17-41)42-18-8-4-9-19-42)23-22-37-24-28-44(29-25-37)53(43-20-10-5-11-21-43)45-30-27-39-14-12-13-15-40(39)35-45;1-21(2,3)19-12-13-22-20(15-19)18-11-7-10-17(14-18)16-8-5-4-6-9-16;1-14-9-10-15(2)18(12-14)16-6-5-7-17(13-16)19-8-3-4-11-20-19;2*1-14-12-18(16-10-6-3-7-11-16)19-13-17(14)15-8-4-2-5-9-15;1-2-6-10(7-3-1)11-8-4-5-9-12-11;;;;/h3-36H,1-2H3;4-10,12-15H,1-3H3;3-6,8-13H,1-2H3;2*2-10,12-13H,1H3;1-6,8-9H;;;;/q;5*-1;;;;/b23-22+;;;;;;;;;. The molecule has 5 aromatic heterocycles. The number of nitrogens with zero attached hydrogens (tertiary/aromatic N) is 7. The minimum atomic E-state index is -0.144. The van der Waals surface area contributed by atoms with Crippen LogP contribution in [0.2, 0.25) is 0 Å². The summed E-state index contributed by atoms with van der Waals surface area (Å²) in [4.78, 5) is 26.9. The van der Waals surface area contributed by atoms with Crippen LogP contribution in [-0.2, 0) is 91.3 Å². The Kier molecular flexibility index (Phi) is 38.8. The van der Waals surface area contributed by atoms with Crippen molar-refractivity contribution in [3.8, 4) is 112 Å². The molecular formula is C138H112Ir4N7-5. The third kappa shape index (κ3) is 28.0.